The minimum absolute atomic E-state index is 0.0102. The van der Waals surface area contributed by atoms with E-state index in [0.29, 0.717) is 0 Å². The van der Waals surface area contributed by atoms with Gasteiger partial charge in [-0.05, 0) is 6.92 Å². The Bertz CT molecular complexity index is 232. The second-order valence-corrected chi connectivity index (χ2v) is 1.85. The van der Waals surface area contributed by atoms with Gasteiger partial charge >= 0.3 is 12.1 Å². The predicted octanol–water partition coefficient (Wildman–Crippen LogP) is 0.845. The van der Waals surface area contributed by atoms with Gasteiger partial charge in [0.1, 0.15) is 0 Å². The normalized spacial score (nSPS) is 10.2. The Kier molecular flexibility index (Phi) is 4.21. The molecule has 0 aliphatic carbocycles. The smallest absolute Gasteiger partial charge is 0.416 e. The number of hydrogen-bond acceptors (Lipinski definition) is 3. The molecular formula is C7H9NO4. The highest BCUT2D eigenvalue weighted by Gasteiger charge is 2.00. The summed E-state index contributed by atoms with van der Waals surface area (Å²) in [4.78, 5) is 20.7. The zero-order valence-electron chi connectivity index (χ0n) is 6.53. The third-order valence-corrected chi connectivity index (χ3v) is 0.934. The van der Waals surface area contributed by atoms with Crippen molar-refractivity contribution in [3.8, 4) is 0 Å². The predicted molar refractivity (Wildman–Crippen MR) is 41.2 cm³/mol. The van der Waals surface area contributed by atoms with Crippen molar-refractivity contribution < 1.29 is 19.4 Å². The average molecular weight is 171 g/mol. The Labute approximate surface area is 69.3 Å². The van der Waals surface area contributed by atoms with Gasteiger partial charge in [0.2, 0.25) is 0 Å². The number of alkyl carbamates (subject to hydrolysis) is 1. The standard InChI is InChI=1S/C7H9NO4/c1-3-12-7(11)8-4-5(2)6(9)10/h3-4H,1H2,2H3,(H,8,11)(H,9,10). The number of carbonyl (C=O) groups excluding carboxylic acids is 1. The maximum Gasteiger partial charge on any atom is 0.416 e. The van der Waals surface area contributed by atoms with Gasteiger partial charge in [-0.3, -0.25) is 5.32 Å². The monoisotopic (exact) mass is 171 g/mol. The second kappa shape index (κ2) is 4.95. The number of carboxylic acids is 1. The van der Waals surface area contributed by atoms with Crippen molar-refractivity contribution >= 4 is 12.1 Å². The molecule has 0 spiro atoms. The van der Waals surface area contributed by atoms with Crippen molar-refractivity contribution in [2.45, 2.75) is 6.92 Å². The van der Waals surface area contributed by atoms with Crippen LogP contribution in [0.4, 0.5) is 4.79 Å². The lowest BCUT2D eigenvalue weighted by molar-refractivity contribution is -0.132. The van der Waals surface area contributed by atoms with Crippen LogP contribution in [0.25, 0.3) is 0 Å². The first-order valence-corrected chi connectivity index (χ1v) is 3.06. The van der Waals surface area contributed by atoms with Gasteiger partial charge in [0.25, 0.3) is 0 Å². The van der Waals surface area contributed by atoms with Gasteiger partial charge in [-0.1, -0.05) is 6.58 Å². The lowest BCUT2D eigenvalue weighted by atomic mass is 10.3. The van der Waals surface area contributed by atoms with Crippen LogP contribution in [-0.4, -0.2) is 17.2 Å². The van der Waals surface area contributed by atoms with E-state index in [-0.39, 0.29) is 5.57 Å². The largest absolute Gasteiger partial charge is 0.478 e. The summed E-state index contributed by atoms with van der Waals surface area (Å²) in [7, 11) is 0. The summed E-state index contributed by atoms with van der Waals surface area (Å²) in [5.74, 6) is -1.10. The number of carboxylic acid groups (broad SMARTS) is 1. The number of hydrogen-bond donors (Lipinski definition) is 2. The maximum absolute atomic E-state index is 10.5. The summed E-state index contributed by atoms with van der Waals surface area (Å²) in [5, 5.41) is 10.4. The van der Waals surface area contributed by atoms with E-state index in [1.807, 2.05) is 0 Å². The van der Waals surface area contributed by atoms with Crippen LogP contribution in [0.3, 0.4) is 0 Å². The number of aliphatic carboxylic acids is 1. The first kappa shape index (κ1) is 10.2. The first-order valence-electron chi connectivity index (χ1n) is 3.06. The Morgan fingerprint density at radius 3 is 2.58 bits per heavy atom. The SMILES string of the molecule is C=COC(=O)NC=C(C)C(=O)O. The molecule has 2 N–H and O–H groups in total. The van der Waals surface area contributed by atoms with Crippen molar-refractivity contribution in [1.82, 2.24) is 5.32 Å². The molecule has 0 radical (unpaired) electrons. The highest BCUT2D eigenvalue weighted by Crippen LogP contribution is 1.88. The fourth-order valence-corrected chi connectivity index (χ4v) is 0.339. The molecule has 1 amide bonds. The van der Waals surface area contributed by atoms with Gasteiger partial charge in [0, 0.05) is 6.20 Å². The van der Waals surface area contributed by atoms with Gasteiger partial charge in [0.15, 0.2) is 0 Å². The fraction of sp³-hybridized carbons (Fsp3) is 0.143. The molecule has 5 heteroatoms. The van der Waals surface area contributed by atoms with Gasteiger partial charge in [0.05, 0.1) is 11.8 Å². The van der Waals surface area contributed by atoms with E-state index < -0.39 is 12.1 Å². The van der Waals surface area contributed by atoms with E-state index in [1.165, 1.54) is 6.92 Å². The topological polar surface area (TPSA) is 75.6 Å². The van der Waals surface area contributed by atoms with Gasteiger partial charge in [-0.2, -0.15) is 0 Å². The van der Waals surface area contributed by atoms with Crippen molar-refractivity contribution in [2.75, 3.05) is 0 Å². The molecule has 0 fully saturated rings. The summed E-state index contributed by atoms with van der Waals surface area (Å²) in [6.07, 6.45) is 1.21. The van der Waals surface area contributed by atoms with Crippen LogP contribution in [0.15, 0.2) is 24.6 Å². The molecule has 0 heterocycles. The lowest BCUT2D eigenvalue weighted by Gasteiger charge is -1.97. The van der Waals surface area contributed by atoms with Crippen LogP contribution < -0.4 is 5.32 Å². The number of rotatable bonds is 3. The summed E-state index contributed by atoms with van der Waals surface area (Å²) in [6, 6.07) is 0. The third kappa shape index (κ3) is 4.10. The molecule has 5 nitrogen and oxygen atoms in total. The molecule has 0 unspecified atom stereocenters. The van der Waals surface area contributed by atoms with Gasteiger partial charge < -0.3 is 9.84 Å². The Hall–Kier alpha value is -1.78. The quantitative estimate of drug-likeness (QED) is 0.487. The van der Waals surface area contributed by atoms with Crippen LogP contribution in [0, 0.1) is 0 Å². The number of nitrogens with one attached hydrogen (secondary N) is 1. The van der Waals surface area contributed by atoms with Crippen LogP contribution in [-0.2, 0) is 9.53 Å². The molecule has 66 valence electrons. The molecule has 0 atom stereocenters. The van der Waals surface area contributed by atoms with Crippen molar-refractivity contribution in [1.29, 1.82) is 0 Å². The molecule has 0 aliphatic rings. The molecule has 0 saturated carbocycles. The van der Waals surface area contributed by atoms with Crippen LogP contribution in [0.1, 0.15) is 6.92 Å². The molecule has 0 aromatic rings. The Balaban J connectivity index is 3.95. The van der Waals surface area contributed by atoms with Crippen molar-refractivity contribution in [3.63, 3.8) is 0 Å². The minimum Gasteiger partial charge on any atom is -0.478 e. The van der Waals surface area contributed by atoms with Crippen molar-refractivity contribution in [2.24, 2.45) is 0 Å². The number of amides is 1. The zero-order chi connectivity index (χ0) is 9.56. The van der Waals surface area contributed by atoms with Crippen LogP contribution in [0.2, 0.25) is 0 Å². The van der Waals surface area contributed by atoms with E-state index in [0.717, 1.165) is 12.5 Å². The maximum atomic E-state index is 10.5. The van der Waals surface area contributed by atoms with Gasteiger partial charge in [-0.25, -0.2) is 9.59 Å². The summed E-state index contributed by atoms with van der Waals surface area (Å²) < 4.78 is 4.25. The summed E-state index contributed by atoms with van der Waals surface area (Å²) in [5.41, 5.74) is 0.0102. The van der Waals surface area contributed by atoms with Crippen LogP contribution >= 0.6 is 0 Å². The van der Waals surface area contributed by atoms with E-state index in [1.54, 1.807) is 0 Å². The molecule has 0 aromatic heterocycles. The van der Waals surface area contributed by atoms with Gasteiger partial charge in [-0.15, -0.1) is 0 Å². The third-order valence-electron chi connectivity index (χ3n) is 0.934. The summed E-state index contributed by atoms with van der Waals surface area (Å²) in [6.45, 7) is 4.49. The lowest BCUT2D eigenvalue weighted by Crippen LogP contribution is -2.17. The molecule has 0 aromatic carbocycles. The molecule has 0 rings (SSSR count). The molecule has 12 heavy (non-hydrogen) atoms. The Morgan fingerprint density at radius 2 is 2.17 bits per heavy atom. The average Bonchev–Trinajstić information content (AvgIpc) is 2.00. The number of carbonyl (C=O) groups is 2. The first-order chi connectivity index (χ1) is 5.57. The minimum atomic E-state index is -1.10. The molecule has 0 bridgehead atoms. The van der Waals surface area contributed by atoms with E-state index in [2.05, 4.69) is 16.6 Å². The molecule has 0 aliphatic heterocycles. The van der Waals surface area contributed by atoms with Crippen LogP contribution in [0.5, 0.6) is 0 Å². The number of ether oxygens (including phenoxy) is 1. The molecule has 0 saturated heterocycles. The Morgan fingerprint density at radius 1 is 1.58 bits per heavy atom. The zero-order valence-corrected chi connectivity index (χ0v) is 6.53. The van der Waals surface area contributed by atoms with Crippen molar-refractivity contribution in [3.05, 3.63) is 24.6 Å². The second-order valence-electron chi connectivity index (χ2n) is 1.85. The van der Waals surface area contributed by atoms with E-state index in [9.17, 15) is 9.59 Å². The molecular weight excluding hydrogens is 162 g/mol. The highest BCUT2D eigenvalue weighted by molar-refractivity contribution is 5.86. The summed E-state index contributed by atoms with van der Waals surface area (Å²) >= 11 is 0. The van der Waals surface area contributed by atoms with E-state index >= 15 is 0 Å². The highest BCUT2D eigenvalue weighted by atomic mass is 16.5. The fourth-order valence-electron chi connectivity index (χ4n) is 0.339. The van der Waals surface area contributed by atoms with E-state index in [4.69, 9.17) is 5.11 Å².